The minimum atomic E-state index is -0.356. The van der Waals surface area contributed by atoms with Crippen molar-refractivity contribution >= 4 is 11.6 Å². The van der Waals surface area contributed by atoms with Crippen molar-refractivity contribution in [3.63, 3.8) is 0 Å². The summed E-state index contributed by atoms with van der Waals surface area (Å²) < 4.78 is 16.5. The zero-order valence-electron chi connectivity index (χ0n) is 12.7. The Labute approximate surface area is 131 Å². The summed E-state index contributed by atoms with van der Waals surface area (Å²) in [7, 11) is 1.58. The largest absolute Gasteiger partial charge is 0.474 e. The number of halogens is 1. The first-order valence-corrected chi connectivity index (χ1v) is 7.44. The number of rotatable bonds is 10. The third-order valence-corrected chi connectivity index (χ3v) is 3.40. The Morgan fingerprint density at radius 1 is 1.38 bits per heavy atom. The minimum absolute atomic E-state index is 0.152. The normalized spacial score (nSPS) is 13.7. The van der Waals surface area contributed by atoms with Crippen molar-refractivity contribution in [3.05, 3.63) is 47.3 Å². The fraction of sp³-hybridized carbons (Fsp3) is 0.500. The number of unbranched alkanes of at least 4 members (excludes halogenated alkanes) is 1. The van der Waals surface area contributed by atoms with Crippen LogP contribution in [0.2, 0.25) is 5.02 Å². The van der Waals surface area contributed by atoms with Crippen LogP contribution in [0.1, 0.15) is 37.9 Å². The number of nitrogens with two attached hydrogens (primary N) is 1. The van der Waals surface area contributed by atoms with Crippen LogP contribution >= 0.6 is 11.6 Å². The highest BCUT2D eigenvalue weighted by atomic mass is 35.5. The first-order valence-electron chi connectivity index (χ1n) is 7.06. The van der Waals surface area contributed by atoms with E-state index in [0.717, 1.165) is 24.8 Å². The Bertz CT molecular complexity index is 439. The molecule has 2 atom stereocenters. The monoisotopic (exact) mass is 313 g/mol. The van der Waals surface area contributed by atoms with Gasteiger partial charge in [0.25, 0.3) is 0 Å². The molecule has 1 rings (SSSR count). The molecule has 21 heavy (non-hydrogen) atoms. The molecule has 0 amide bonds. The Hall–Kier alpha value is -1.23. The molecule has 0 spiro atoms. The minimum Gasteiger partial charge on any atom is -0.474 e. The van der Waals surface area contributed by atoms with E-state index in [-0.39, 0.29) is 24.9 Å². The molecule has 0 saturated heterocycles. The molecule has 0 unspecified atom stereocenters. The predicted octanol–water partition coefficient (Wildman–Crippen LogP) is 4.01. The highest BCUT2D eigenvalue weighted by Gasteiger charge is 2.27. The second kappa shape index (κ2) is 9.66. The molecule has 118 valence electrons. The summed E-state index contributed by atoms with van der Waals surface area (Å²) in [6, 6.07) is 7.54. The lowest BCUT2D eigenvalue weighted by molar-refractivity contribution is -0.122. The van der Waals surface area contributed by atoms with Crippen molar-refractivity contribution in [1.82, 2.24) is 0 Å². The maximum Gasteiger partial charge on any atom is 0.177 e. The van der Waals surface area contributed by atoms with Crippen molar-refractivity contribution in [2.24, 2.45) is 5.73 Å². The lowest BCUT2D eigenvalue weighted by Crippen LogP contribution is -2.27. The van der Waals surface area contributed by atoms with Gasteiger partial charge in [-0.05, 0) is 25.5 Å². The lowest BCUT2D eigenvalue weighted by atomic mass is 9.99. The van der Waals surface area contributed by atoms with Crippen molar-refractivity contribution in [2.75, 3.05) is 13.9 Å². The van der Waals surface area contributed by atoms with Gasteiger partial charge < -0.3 is 19.9 Å². The van der Waals surface area contributed by atoms with Crippen LogP contribution in [0.5, 0.6) is 0 Å². The van der Waals surface area contributed by atoms with Gasteiger partial charge in [0.15, 0.2) is 5.88 Å². The predicted molar refractivity (Wildman–Crippen MR) is 84.9 cm³/mol. The van der Waals surface area contributed by atoms with Gasteiger partial charge in [-0.3, -0.25) is 0 Å². The van der Waals surface area contributed by atoms with Crippen LogP contribution < -0.4 is 5.73 Å². The number of ether oxygens (including phenoxy) is 3. The summed E-state index contributed by atoms with van der Waals surface area (Å²) in [5.74, 6) is 0.175. The molecule has 1 aromatic carbocycles. The third-order valence-electron chi connectivity index (χ3n) is 3.06. The van der Waals surface area contributed by atoms with Gasteiger partial charge in [-0.1, -0.05) is 43.1 Å². The highest BCUT2D eigenvalue weighted by molar-refractivity contribution is 6.31. The van der Waals surface area contributed by atoms with Crippen LogP contribution in [0.4, 0.5) is 0 Å². The molecule has 5 heteroatoms. The maximum absolute atomic E-state index is 6.28. The van der Waals surface area contributed by atoms with Gasteiger partial charge in [0.05, 0.1) is 0 Å². The number of hydrogen-bond donors (Lipinski definition) is 1. The molecule has 0 bridgehead atoms. The molecule has 2 N–H and O–H groups in total. The average molecular weight is 314 g/mol. The van der Waals surface area contributed by atoms with E-state index in [1.807, 2.05) is 24.3 Å². The van der Waals surface area contributed by atoms with E-state index in [0.29, 0.717) is 5.02 Å². The summed E-state index contributed by atoms with van der Waals surface area (Å²) in [6.07, 6.45) is 2.24. The fourth-order valence-corrected chi connectivity index (χ4v) is 2.36. The maximum atomic E-state index is 6.28. The van der Waals surface area contributed by atoms with Crippen LogP contribution in [0, 0.1) is 0 Å². The van der Waals surface area contributed by atoms with Crippen molar-refractivity contribution in [3.8, 4) is 0 Å². The van der Waals surface area contributed by atoms with E-state index in [4.69, 9.17) is 31.5 Å². The molecule has 4 nitrogen and oxygen atoms in total. The summed E-state index contributed by atoms with van der Waals surface area (Å²) >= 11 is 6.28. The van der Waals surface area contributed by atoms with E-state index in [1.165, 1.54) is 0 Å². The zero-order chi connectivity index (χ0) is 15.7. The summed E-state index contributed by atoms with van der Waals surface area (Å²) in [5, 5.41) is 0.631. The molecule has 0 heterocycles. The van der Waals surface area contributed by atoms with Crippen molar-refractivity contribution in [1.29, 1.82) is 0 Å². The van der Waals surface area contributed by atoms with Gasteiger partial charge in [-0.15, -0.1) is 0 Å². The van der Waals surface area contributed by atoms with Crippen LogP contribution in [0.25, 0.3) is 0 Å². The quantitative estimate of drug-likeness (QED) is 0.524. The van der Waals surface area contributed by atoms with Crippen molar-refractivity contribution < 1.29 is 14.2 Å². The third kappa shape index (κ3) is 5.96. The van der Waals surface area contributed by atoms with Gasteiger partial charge in [0.1, 0.15) is 19.0 Å². The Balaban J connectivity index is 3.00. The van der Waals surface area contributed by atoms with E-state index in [2.05, 4.69) is 13.5 Å². The van der Waals surface area contributed by atoms with Gasteiger partial charge in [0, 0.05) is 17.7 Å². The SMILES string of the molecule is C=C(N)O[C@@H](CCCC)[C@@H](OCOC)c1ccccc1Cl. The number of benzene rings is 1. The molecule has 0 aliphatic heterocycles. The molecule has 0 radical (unpaired) electrons. The molecule has 0 aliphatic rings. The van der Waals surface area contributed by atoms with Crippen LogP contribution in [-0.2, 0) is 14.2 Å². The lowest BCUT2D eigenvalue weighted by Gasteiger charge is -2.28. The first kappa shape index (κ1) is 17.8. The number of methoxy groups -OCH3 is 1. The summed E-state index contributed by atoms with van der Waals surface area (Å²) in [4.78, 5) is 0. The fourth-order valence-electron chi connectivity index (χ4n) is 2.12. The van der Waals surface area contributed by atoms with Gasteiger partial charge in [-0.2, -0.15) is 0 Å². The van der Waals surface area contributed by atoms with E-state index >= 15 is 0 Å². The molecule has 1 aromatic rings. The van der Waals surface area contributed by atoms with Crippen LogP contribution in [-0.4, -0.2) is 20.0 Å². The standard InChI is InChI=1S/C16H24ClNO3/c1-4-5-10-15(21-12(2)18)16(20-11-19-3)13-8-6-7-9-14(13)17/h6-9,15-16H,2,4-5,10-11,18H2,1,3H3/t15-,16-/m0/s1. The molecule has 0 fully saturated rings. The van der Waals surface area contributed by atoms with E-state index in [9.17, 15) is 0 Å². The number of hydrogen-bond acceptors (Lipinski definition) is 4. The molecular formula is C16H24ClNO3. The van der Waals surface area contributed by atoms with Crippen LogP contribution in [0.15, 0.2) is 36.7 Å². The van der Waals surface area contributed by atoms with E-state index < -0.39 is 0 Å². The van der Waals surface area contributed by atoms with E-state index in [1.54, 1.807) is 7.11 Å². The van der Waals surface area contributed by atoms with Crippen LogP contribution in [0.3, 0.4) is 0 Å². The summed E-state index contributed by atoms with van der Waals surface area (Å²) in [6.45, 7) is 5.89. The molecule has 0 aromatic heterocycles. The second-order valence-electron chi connectivity index (χ2n) is 4.78. The molecular weight excluding hydrogens is 290 g/mol. The summed E-state index contributed by atoms with van der Waals surface area (Å²) in [5.41, 5.74) is 6.47. The van der Waals surface area contributed by atoms with Gasteiger partial charge >= 0.3 is 0 Å². The topological polar surface area (TPSA) is 53.7 Å². The zero-order valence-corrected chi connectivity index (χ0v) is 13.4. The van der Waals surface area contributed by atoms with Crippen molar-refractivity contribution in [2.45, 2.75) is 38.4 Å². The highest BCUT2D eigenvalue weighted by Crippen LogP contribution is 2.32. The van der Waals surface area contributed by atoms with Gasteiger partial charge in [-0.25, -0.2) is 0 Å². The Morgan fingerprint density at radius 2 is 2.10 bits per heavy atom. The average Bonchev–Trinajstić information content (AvgIpc) is 2.46. The smallest absolute Gasteiger partial charge is 0.177 e. The second-order valence-corrected chi connectivity index (χ2v) is 5.19. The Morgan fingerprint density at radius 3 is 2.67 bits per heavy atom. The molecule has 0 aliphatic carbocycles. The van der Waals surface area contributed by atoms with Gasteiger partial charge in [0.2, 0.25) is 0 Å². The Kier molecular flexibility index (Phi) is 8.20. The molecule has 0 saturated carbocycles. The first-order chi connectivity index (χ1) is 10.1.